The number of amides is 2. The van der Waals surface area contributed by atoms with Crippen LogP contribution in [0.1, 0.15) is 6.92 Å². The molecule has 2 rings (SSSR count). The van der Waals surface area contributed by atoms with Crippen LogP contribution in [-0.4, -0.2) is 52.5 Å². The van der Waals surface area contributed by atoms with E-state index in [0.29, 0.717) is 25.4 Å². The fourth-order valence-electron chi connectivity index (χ4n) is 1.88. The molecule has 1 heterocycles. The van der Waals surface area contributed by atoms with E-state index >= 15 is 0 Å². The van der Waals surface area contributed by atoms with Crippen molar-refractivity contribution in [1.29, 1.82) is 0 Å². The SMILES string of the molecule is CCN(CCOC)C(=O)Nc1cccc(-n2cncn2)c1. The summed E-state index contributed by atoms with van der Waals surface area (Å²) in [6.45, 7) is 3.63. The van der Waals surface area contributed by atoms with Gasteiger partial charge in [0, 0.05) is 25.9 Å². The largest absolute Gasteiger partial charge is 0.383 e. The number of hydrogen-bond acceptors (Lipinski definition) is 4. The Morgan fingerprint density at radius 1 is 1.48 bits per heavy atom. The van der Waals surface area contributed by atoms with Crippen LogP contribution in [0.15, 0.2) is 36.9 Å². The van der Waals surface area contributed by atoms with Gasteiger partial charge in [-0.25, -0.2) is 14.5 Å². The normalized spacial score (nSPS) is 10.4. The number of nitrogens with one attached hydrogen (secondary N) is 1. The number of carbonyl (C=O) groups excluding carboxylic acids is 1. The maximum absolute atomic E-state index is 12.2. The Morgan fingerprint density at radius 2 is 2.33 bits per heavy atom. The quantitative estimate of drug-likeness (QED) is 0.879. The van der Waals surface area contributed by atoms with Crippen molar-refractivity contribution in [3.63, 3.8) is 0 Å². The molecule has 1 aromatic heterocycles. The molecular weight excluding hydrogens is 270 g/mol. The van der Waals surface area contributed by atoms with Gasteiger partial charge >= 0.3 is 6.03 Å². The summed E-state index contributed by atoms with van der Waals surface area (Å²) in [5.41, 5.74) is 1.55. The average molecular weight is 289 g/mol. The van der Waals surface area contributed by atoms with Crippen LogP contribution in [0.2, 0.25) is 0 Å². The zero-order chi connectivity index (χ0) is 15.1. The lowest BCUT2D eigenvalue weighted by molar-refractivity contribution is 0.157. The van der Waals surface area contributed by atoms with Crippen LogP contribution in [0.3, 0.4) is 0 Å². The van der Waals surface area contributed by atoms with Gasteiger partial charge in [-0.05, 0) is 25.1 Å². The van der Waals surface area contributed by atoms with Crippen molar-refractivity contribution >= 4 is 11.7 Å². The topological polar surface area (TPSA) is 72.3 Å². The fraction of sp³-hybridized carbons (Fsp3) is 0.357. The van der Waals surface area contributed by atoms with E-state index < -0.39 is 0 Å². The van der Waals surface area contributed by atoms with Crippen LogP contribution in [-0.2, 0) is 4.74 Å². The Labute approximate surface area is 123 Å². The third-order valence-corrected chi connectivity index (χ3v) is 3.01. The minimum Gasteiger partial charge on any atom is -0.383 e. The first kappa shape index (κ1) is 15.0. The molecule has 0 radical (unpaired) electrons. The molecule has 0 fully saturated rings. The van der Waals surface area contributed by atoms with Crippen LogP contribution >= 0.6 is 0 Å². The van der Waals surface area contributed by atoms with Crippen molar-refractivity contribution in [1.82, 2.24) is 19.7 Å². The molecular formula is C14H19N5O2. The van der Waals surface area contributed by atoms with Crippen LogP contribution in [0.25, 0.3) is 5.69 Å². The lowest BCUT2D eigenvalue weighted by Crippen LogP contribution is -2.37. The predicted octanol–water partition coefficient (Wildman–Crippen LogP) is 1.77. The number of anilines is 1. The first-order chi connectivity index (χ1) is 10.2. The molecule has 0 aliphatic rings. The van der Waals surface area contributed by atoms with Crippen molar-refractivity contribution in [2.75, 3.05) is 32.1 Å². The molecule has 0 bridgehead atoms. The van der Waals surface area contributed by atoms with Crippen molar-refractivity contribution < 1.29 is 9.53 Å². The van der Waals surface area contributed by atoms with Crippen LogP contribution in [0.5, 0.6) is 0 Å². The minimum absolute atomic E-state index is 0.148. The summed E-state index contributed by atoms with van der Waals surface area (Å²) in [7, 11) is 1.62. The zero-order valence-electron chi connectivity index (χ0n) is 12.2. The van der Waals surface area contributed by atoms with Gasteiger partial charge in [0.1, 0.15) is 12.7 Å². The fourth-order valence-corrected chi connectivity index (χ4v) is 1.88. The average Bonchev–Trinajstić information content (AvgIpc) is 3.02. The van der Waals surface area contributed by atoms with Gasteiger partial charge in [-0.15, -0.1) is 0 Å². The Morgan fingerprint density at radius 3 is 3.00 bits per heavy atom. The molecule has 112 valence electrons. The lowest BCUT2D eigenvalue weighted by Gasteiger charge is -2.21. The Kier molecular flexibility index (Phi) is 5.28. The molecule has 2 amide bonds. The molecule has 0 aliphatic carbocycles. The van der Waals surface area contributed by atoms with Crippen molar-refractivity contribution in [3.8, 4) is 5.69 Å². The molecule has 2 aromatic rings. The van der Waals surface area contributed by atoms with Gasteiger partial charge in [0.15, 0.2) is 0 Å². The van der Waals surface area contributed by atoms with Gasteiger partial charge in [-0.3, -0.25) is 0 Å². The Hall–Kier alpha value is -2.41. The third-order valence-electron chi connectivity index (χ3n) is 3.01. The van der Waals surface area contributed by atoms with E-state index in [2.05, 4.69) is 15.4 Å². The van der Waals surface area contributed by atoms with Crippen molar-refractivity contribution in [2.45, 2.75) is 6.92 Å². The number of hydrogen-bond donors (Lipinski definition) is 1. The number of urea groups is 1. The van der Waals surface area contributed by atoms with E-state index in [-0.39, 0.29) is 6.03 Å². The van der Waals surface area contributed by atoms with Gasteiger partial charge in [0.05, 0.1) is 12.3 Å². The standard InChI is InChI=1S/C14H19N5O2/c1-3-18(7-8-21-2)14(20)17-12-5-4-6-13(9-12)19-11-15-10-16-19/h4-6,9-11H,3,7-8H2,1-2H3,(H,17,20). The van der Waals surface area contributed by atoms with Crippen molar-refractivity contribution in [2.24, 2.45) is 0 Å². The van der Waals surface area contributed by atoms with Gasteiger partial charge in [-0.1, -0.05) is 6.07 Å². The summed E-state index contributed by atoms with van der Waals surface area (Å²) in [4.78, 5) is 17.8. The molecule has 0 aliphatic heterocycles. The predicted molar refractivity (Wildman–Crippen MR) is 79.5 cm³/mol. The summed E-state index contributed by atoms with van der Waals surface area (Å²) in [5, 5.41) is 6.94. The summed E-state index contributed by atoms with van der Waals surface area (Å²) >= 11 is 0. The monoisotopic (exact) mass is 289 g/mol. The molecule has 1 N–H and O–H groups in total. The molecule has 0 unspecified atom stereocenters. The first-order valence-corrected chi connectivity index (χ1v) is 6.74. The number of methoxy groups -OCH3 is 1. The second-order valence-electron chi connectivity index (χ2n) is 4.39. The smallest absolute Gasteiger partial charge is 0.321 e. The maximum Gasteiger partial charge on any atom is 0.321 e. The maximum atomic E-state index is 12.2. The number of carbonyl (C=O) groups is 1. The van der Waals surface area contributed by atoms with E-state index in [1.807, 2.05) is 31.2 Å². The van der Waals surface area contributed by atoms with E-state index in [1.165, 1.54) is 6.33 Å². The Bertz CT molecular complexity index is 571. The van der Waals surface area contributed by atoms with Crippen LogP contribution in [0.4, 0.5) is 10.5 Å². The molecule has 0 saturated carbocycles. The third kappa shape index (κ3) is 4.03. The van der Waals surface area contributed by atoms with Gasteiger partial charge < -0.3 is 15.0 Å². The zero-order valence-corrected chi connectivity index (χ0v) is 12.2. The van der Waals surface area contributed by atoms with Crippen molar-refractivity contribution in [3.05, 3.63) is 36.9 Å². The molecule has 7 heteroatoms. The number of ether oxygens (including phenoxy) is 1. The van der Waals surface area contributed by atoms with Gasteiger partial charge in [-0.2, -0.15) is 5.10 Å². The molecule has 7 nitrogen and oxygen atoms in total. The summed E-state index contributed by atoms with van der Waals surface area (Å²) in [6.07, 6.45) is 3.08. The van der Waals surface area contributed by atoms with E-state index in [0.717, 1.165) is 5.69 Å². The minimum atomic E-state index is -0.148. The number of rotatable bonds is 6. The Balaban J connectivity index is 2.05. The van der Waals surface area contributed by atoms with Gasteiger partial charge in [0.2, 0.25) is 0 Å². The number of benzene rings is 1. The van der Waals surface area contributed by atoms with Crippen LogP contribution < -0.4 is 5.32 Å². The lowest BCUT2D eigenvalue weighted by atomic mass is 10.3. The number of nitrogens with zero attached hydrogens (tertiary/aromatic N) is 4. The molecule has 1 aromatic carbocycles. The molecule has 21 heavy (non-hydrogen) atoms. The number of likely N-dealkylation sites (N-methyl/N-ethyl adjacent to an activating group) is 1. The first-order valence-electron chi connectivity index (χ1n) is 6.74. The van der Waals surface area contributed by atoms with Crippen LogP contribution in [0, 0.1) is 0 Å². The highest BCUT2D eigenvalue weighted by molar-refractivity contribution is 5.89. The molecule has 0 saturated heterocycles. The van der Waals surface area contributed by atoms with E-state index in [4.69, 9.17) is 4.74 Å². The summed E-state index contributed by atoms with van der Waals surface area (Å²) < 4.78 is 6.64. The molecule has 0 atom stereocenters. The van der Waals surface area contributed by atoms with E-state index in [9.17, 15) is 4.79 Å². The van der Waals surface area contributed by atoms with E-state index in [1.54, 1.807) is 23.0 Å². The second kappa shape index (κ2) is 7.39. The second-order valence-corrected chi connectivity index (χ2v) is 4.39. The molecule has 0 spiro atoms. The number of aromatic nitrogens is 3. The van der Waals surface area contributed by atoms with Gasteiger partial charge in [0.25, 0.3) is 0 Å². The summed E-state index contributed by atoms with van der Waals surface area (Å²) in [5.74, 6) is 0. The highest BCUT2D eigenvalue weighted by atomic mass is 16.5. The highest BCUT2D eigenvalue weighted by Gasteiger charge is 2.11. The summed E-state index contributed by atoms with van der Waals surface area (Å²) in [6, 6.07) is 7.29. The highest BCUT2D eigenvalue weighted by Crippen LogP contribution is 2.14.